The number of hydrogen-bond donors (Lipinski definition) is 2. The fraction of sp³-hybridized carbons (Fsp3) is 0.222. The number of anilines is 1. The largest absolute Gasteiger partial charge is 0.343 e. The molecule has 0 spiro atoms. The number of H-pyrrole nitrogens is 1. The number of hydrogen-bond acceptors (Lipinski definition) is 5. The van der Waals surface area contributed by atoms with Gasteiger partial charge in [0, 0.05) is 12.7 Å². The standard InChI is InChI=1S/C18H18ClN5O2S/c1-12(16(25)21-14-8-5-10-20-15(14)19)27-18-23-22-17(26)24(18)11-9-13-6-3-2-4-7-13/h2-8,10,12H,9,11H2,1H3,(H,21,25)(H,22,26)/t12-/m0/s1. The van der Waals surface area contributed by atoms with Gasteiger partial charge in [-0.05, 0) is 31.0 Å². The minimum atomic E-state index is -0.480. The Bertz CT molecular complexity index is 973. The molecule has 9 heteroatoms. The molecular weight excluding hydrogens is 386 g/mol. The lowest BCUT2D eigenvalue weighted by Gasteiger charge is -2.12. The predicted molar refractivity (Wildman–Crippen MR) is 106 cm³/mol. The lowest BCUT2D eigenvalue weighted by atomic mass is 10.1. The van der Waals surface area contributed by atoms with Crippen LogP contribution in [0.5, 0.6) is 0 Å². The van der Waals surface area contributed by atoms with Gasteiger partial charge in [-0.1, -0.05) is 53.7 Å². The quantitative estimate of drug-likeness (QED) is 0.467. The van der Waals surface area contributed by atoms with Gasteiger partial charge in [-0.2, -0.15) is 0 Å². The Labute approximate surface area is 165 Å². The Balaban J connectivity index is 1.65. The van der Waals surface area contributed by atoms with Gasteiger partial charge in [-0.3, -0.25) is 9.36 Å². The molecule has 7 nitrogen and oxygen atoms in total. The third-order valence-corrected chi connectivity index (χ3v) is 5.25. The molecule has 1 amide bonds. The fourth-order valence-electron chi connectivity index (χ4n) is 2.40. The highest BCUT2D eigenvalue weighted by atomic mass is 35.5. The Morgan fingerprint density at radius 1 is 1.30 bits per heavy atom. The first-order chi connectivity index (χ1) is 13.0. The molecule has 0 radical (unpaired) electrons. The maximum Gasteiger partial charge on any atom is 0.343 e. The lowest BCUT2D eigenvalue weighted by Crippen LogP contribution is -2.24. The van der Waals surface area contributed by atoms with Crippen molar-refractivity contribution in [3.8, 4) is 0 Å². The van der Waals surface area contributed by atoms with E-state index < -0.39 is 5.25 Å². The van der Waals surface area contributed by atoms with Gasteiger partial charge in [0.05, 0.1) is 10.9 Å². The second-order valence-corrected chi connectivity index (χ2v) is 7.46. The number of rotatable bonds is 7. The van der Waals surface area contributed by atoms with Crippen LogP contribution in [0.2, 0.25) is 5.15 Å². The molecule has 2 N–H and O–H groups in total. The number of amides is 1. The van der Waals surface area contributed by atoms with Crippen molar-refractivity contribution in [2.45, 2.75) is 30.3 Å². The van der Waals surface area contributed by atoms with E-state index in [2.05, 4.69) is 20.5 Å². The molecule has 2 heterocycles. The van der Waals surface area contributed by atoms with E-state index in [-0.39, 0.29) is 16.8 Å². The van der Waals surface area contributed by atoms with Gasteiger partial charge >= 0.3 is 5.69 Å². The van der Waals surface area contributed by atoms with Crippen molar-refractivity contribution in [2.24, 2.45) is 0 Å². The smallest absolute Gasteiger partial charge is 0.322 e. The van der Waals surface area contributed by atoms with Gasteiger partial charge in [0.15, 0.2) is 10.3 Å². The number of benzene rings is 1. The second-order valence-electron chi connectivity index (χ2n) is 5.79. The normalized spacial score (nSPS) is 11.9. The number of nitrogens with zero attached hydrogens (tertiary/aromatic N) is 3. The van der Waals surface area contributed by atoms with E-state index in [9.17, 15) is 9.59 Å². The molecule has 0 aliphatic carbocycles. The molecule has 1 aromatic carbocycles. The van der Waals surface area contributed by atoms with E-state index in [1.165, 1.54) is 11.8 Å². The molecule has 0 saturated carbocycles. The molecule has 3 aromatic rings. The number of carbonyl (C=O) groups is 1. The summed E-state index contributed by atoms with van der Waals surface area (Å²) in [5.74, 6) is -0.250. The summed E-state index contributed by atoms with van der Waals surface area (Å²) in [5.41, 5.74) is 1.27. The van der Waals surface area contributed by atoms with Crippen LogP contribution in [0, 0.1) is 0 Å². The summed E-state index contributed by atoms with van der Waals surface area (Å²) in [4.78, 5) is 28.4. The predicted octanol–water partition coefficient (Wildman–Crippen LogP) is 2.98. The number of thioether (sulfide) groups is 1. The topological polar surface area (TPSA) is 92.7 Å². The van der Waals surface area contributed by atoms with E-state index in [1.54, 1.807) is 29.8 Å². The molecule has 27 heavy (non-hydrogen) atoms. The molecule has 140 valence electrons. The summed E-state index contributed by atoms with van der Waals surface area (Å²) < 4.78 is 1.54. The van der Waals surface area contributed by atoms with Gasteiger partial charge in [-0.25, -0.2) is 14.9 Å². The Hall–Kier alpha value is -2.58. The van der Waals surface area contributed by atoms with E-state index in [4.69, 9.17) is 11.6 Å². The molecule has 2 aromatic heterocycles. The Morgan fingerprint density at radius 3 is 2.81 bits per heavy atom. The first kappa shape index (κ1) is 19.2. The summed E-state index contributed by atoms with van der Waals surface area (Å²) in [6.07, 6.45) is 2.24. The Kier molecular flexibility index (Phi) is 6.31. The van der Waals surface area contributed by atoms with Gasteiger partial charge in [0.2, 0.25) is 5.91 Å². The SMILES string of the molecule is C[C@H](Sc1n[nH]c(=O)n1CCc1ccccc1)C(=O)Nc1cccnc1Cl. The van der Waals surface area contributed by atoms with Crippen LogP contribution >= 0.6 is 23.4 Å². The summed E-state index contributed by atoms with van der Waals surface area (Å²) in [5, 5.41) is 9.44. The number of aromatic amines is 1. The van der Waals surface area contributed by atoms with Gasteiger partial charge in [-0.15, -0.1) is 5.10 Å². The second kappa shape index (κ2) is 8.88. The maximum absolute atomic E-state index is 12.4. The van der Waals surface area contributed by atoms with Crippen LogP contribution in [0.4, 0.5) is 5.69 Å². The zero-order chi connectivity index (χ0) is 19.2. The monoisotopic (exact) mass is 403 g/mol. The van der Waals surface area contributed by atoms with Crippen molar-refractivity contribution < 1.29 is 4.79 Å². The van der Waals surface area contributed by atoms with E-state index in [0.29, 0.717) is 23.8 Å². The van der Waals surface area contributed by atoms with E-state index >= 15 is 0 Å². The molecule has 0 aliphatic rings. The van der Waals surface area contributed by atoms with Crippen molar-refractivity contribution in [2.75, 3.05) is 5.32 Å². The maximum atomic E-state index is 12.4. The summed E-state index contributed by atoms with van der Waals surface area (Å²) in [6.45, 7) is 2.22. The van der Waals surface area contributed by atoms with E-state index in [0.717, 1.165) is 5.56 Å². The van der Waals surface area contributed by atoms with Crippen LogP contribution in [0.15, 0.2) is 58.6 Å². The lowest BCUT2D eigenvalue weighted by molar-refractivity contribution is -0.115. The molecule has 3 rings (SSSR count). The summed E-state index contributed by atoms with van der Waals surface area (Å²) in [7, 11) is 0. The first-order valence-electron chi connectivity index (χ1n) is 8.32. The van der Waals surface area contributed by atoms with Gasteiger partial charge in [0.25, 0.3) is 0 Å². The van der Waals surface area contributed by atoms with Crippen LogP contribution in [0.1, 0.15) is 12.5 Å². The number of nitrogens with one attached hydrogen (secondary N) is 2. The van der Waals surface area contributed by atoms with Crippen molar-refractivity contribution in [3.63, 3.8) is 0 Å². The van der Waals surface area contributed by atoms with Crippen molar-refractivity contribution in [1.29, 1.82) is 0 Å². The van der Waals surface area contributed by atoms with Crippen LogP contribution < -0.4 is 11.0 Å². The van der Waals surface area contributed by atoms with Crippen LogP contribution in [-0.4, -0.2) is 30.9 Å². The molecule has 0 unspecified atom stereocenters. The highest BCUT2D eigenvalue weighted by Gasteiger charge is 2.20. The highest BCUT2D eigenvalue weighted by Crippen LogP contribution is 2.23. The molecular formula is C18H18ClN5O2S. The fourth-order valence-corrected chi connectivity index (χ4v) is 3.45. The first-order valence-corrected chi connectivity index (χ1v) is 9.57. The third kappa shape index (κ3) is 4.99. The number of pyridine rings is 1. The molecule has 0 aliphatic heterocycles. The number of halogens is 1. The molecule has 1 atom stereocenters. The van der Waals surface area contributed by atoms with Crippen LogP contribution in [0.3, 0.4) is 0 Å². The Morgan fingerprint density at radius 2 is 2.07 bits per heavy atom. The highest BCUT2D eigenvalue weighted by molar-refractivity contribution is 8.00. The number of aryl methyl sites for hydroxylation is 1. The van der Waals surface area contributed by atoms with Gasteiger partial charge < -0.3 is 5.32 Å². The zero-order valence-electron chi connectivity index (χ0n) is 14.6. The van der Waals surface area contributed by atoms with Crippen molar-refractivity contribution in [3.05, 3.63) is 69.9 Å². The summed E-state index contributed by atoms with van der Waals surface area (Å²) >= 11 is 7.17. The van der Waals surface area contributed by atoms with Crippen LogP contribution in [-0.2, 0) is 17.8 Å². The van der Waals surface area contributed by atoms with Crippen LogP contribution in [0.25, 0.3) is 0 Å². The minimum absolute atomic E-state index is 0.225. The minimum Gasteiger partial charge on any atom is -0.322 e. The van der Waals surface area contributed by atoms with Gasteiger partial charge in [0.1, 0.15) is 0 Å². The molecule has 0 fully saturated rings. The zero-order valence-corrected chi connectivity index (χ0v) is 16.1. The van der Waals surface area contributed by atoms with Crippen molar-refractivity contribution in [1.82, 2.24) is 19.7 Å². The third-order valence-electron chi connectivity index (χ3n) is 3.86. The number of aromatic nitrogens is 4. The molecule has 0 saturated heterocycles. The average molecular weight is 404 g/mol. The summed E-state index contributed by atoms with van der Waals surface area (Å²) in [6, 6.07) is 13.2. The average Bonchev–Trinajstić information content (AvgIpc) is 3.02. The van der Waals surface area contributed by atoms with E-state index in [1.807, 2.05) is 30.3 Å². The number of carbonyl (C=O) groups excluding carboxylic acids is 1. The van der Waals surface area contributed by atoms with Crippen molar-refractivity contribution >= 4 is 35.0 Å². The molecule has 0 bridgehead atoms.